The van der Waals surface area contributed by atoms with Crippen molar-refractivity contribution in [1.29, 1.82) is 0 Å². The second-order valence-electron chi connectivity index (χ2n) is 8.45. The largest absolute Gasteiger partial charge is 0.444 e. The molecule has 0 radical (unpaired) electrons. The van der Waals surface area contributed by atoms with E-state index < -0.39 is 5.60 Å². The Hall–Kier alpha value is -1.46. The van der Waals surface area contributed by atoms with Gasteiger partial charge in [0.15, 0.2) is 0 Å². The van der Waals surface area contributed by atoms with E-state index in [0.29, 0.717) is 31.6 Å². The van der Waals surface area contributed by atoms with Gasteiger partial charge in [-0.2, -0.15) is 0 Å². The minimum Gasteiger partial charge on any atom is -0.444 e. The number of carbonyl (C=O) groups excluding carboxylic acids is 2. The Labute approximate surface area is 152 Å². The van der Waals surface area contributed by atoms with Gasteiger partial charge in [0.1, 0.15) is 5.60 Å². The van der Waals surface area contributed by atoms with Gasteiger partial charge in [0.2, 0.25) is 0 Å². The van der Waals surface area contributed by atoms with Gasteiger partial charge in [0.05, 0.1) is 0 Å². The van der Waals surface area contributed by atoms with Crippen molar-refractivity contribution in [3.63, 3.8) is 0 Å². The molecule has 1 saturated carbocycles. The maximum Gasteiger partial charge on any atom is 0.410 e. The number of nitrogens with one attached hydrogen (secondary N) is 2. The molecule has 2 rings (SSSR count). The highest BCUT2D eigenvalue weighted by molar-refractivity contribution is 5.74. The van der Waals surface area contributed by atoms with E-state index in [1.807, 2.05) is 20.8 Å². The van der Waals surface area contributed by atoms with Crippen molar-refractivity contribution in [1.82, 2.24) is 15.5 Å². The first-order valence-corrected chi connectivity index (χ1v) is 9.86. The van der Waals surface area contributed by atoms with Gasteiger partial charge in [0, 0.05) is 25.7 Å². The number of urea groups is 1. The maximum atomic E-state index is 12.1. The number of nitrogens with zero attached hydrogens (tertiary/aromatic N) is 1. The van der Waals surface area contributed by atoms with E-state index in [1.165, 1.54) is 25.7 Å². The summed E-state index contributed by atoms with van der Waals surface area (Å²) in [4.78, 5) is 25.9. The van der Waals surface area contributed by atoms with Gasteiger partial charge in [-0.15, -0.1) is 0 Å². The molecule has 3 amide bonds. The van der Waals surface area contributed by atoms with Crippen molar-refractivity contribution in [2.45, 2.75) is 83.8 Å². The van der Waals surface area contributed by atoms with Gasteiger partial charge in [0.25, 0.3) is 0 Å². The summed E-state index contributed by atoms with van der Waals surface area (Å²) >= 11 is 0. The third-order valence-electron chi connectivity index (χ3n) is 5.01. The zero-order valence-electron chi connectivity index (χ0n) is 16.1. The average Bonchev–Trinajstić information content (AvgIpc) is 2.80. The molecular weight excluding hydrogens is 318 g/mol. The number of hydrogen-bond donors (Lipinski definition) is 2. The summed E-state index contributed by atoms with van der Waals surface area (Å²) in [7, 11) is 0. The first-order chi connectivity index (χ1) is 11.8. The molecule has 2 fully saturated rings. The molecule has 0 unspecified atom stereocenters. The van der Waals surface area contributed by atoms with Crippen molar-refractivity contribution in [2.75, 3.05) is 19.6 Å². The van der Waals surface area contributed by atoms with E-state index in [1.54, 1.807) is 4.90 Å². The zero-order valence-corrected chi connectivity index (χ0v) is 16.1. The van der Waals surface area contributed by atoms with Crippen LogP contribution in [0.1, 0.15) is 72.1 Å². The zero-order chi connectivity index (χ0) is 18.3. The molecule has 0 spiro atoms. The Kier molecular flexibility index (Phi) is 7.38. The van der Waals surface area contributed by atoms with Crippen LogP contribution in [0, 0.1) is 5.92 Å². The summed E-state index contributed by atoms with van der Waals surface area (Å²) in [5, 5.41) is 6.13. The minimum absolute atomic E-state index is 0.0403. The molecule has 1 aliphatic carbocycles. The van der Waals surface area contributed by atoms with Gasteiger partial charge in [-0.1, -0.05) is 25.7 Å². The van der Waals surface area contributed by atoms with Gasteiger partial charge < -0.3 is 20.3 Å². The van der Waals surface area contributed by atoms with Gasteiger partial charge in [-0.05, 0) is 52.4 Å². The third kappa shape index (κ3) is 7.53. The van der Waals surface area contributed by atoms with Crippen molar-refractivity contribution < 1.29 is 14.3 Å². The molecule has 144 valence electrons. The van der Waals surface area contributed by atoms with E-state index in [9.17, 15) is 9.59 Å². The molecule has 6 heteroatoms. The SMILES string of the molecule is CC(C)(C)OC(=O)N1CCC(CNC(=O)NC2CCCCCC2)CC1. The summed E-state index contributed by atoms with van der Waals surface area (Å²) in [5.74, 6) is 0.429. The Morgan fingerprint density at radius 1 is 1.00 bits per heavy atom. The Bertz CT molecular complexity index is 432. The molecule has 2 aliphatic rings. The van der Waals surface area contributed by atoms with Crippen LogP contribution in [0.15, 0.2) is 0 Å². The minimum atomic E-state index is -0.453. The van der Waals surface area contributed by atoms with Crippen LogP contribution >= 0.6 is 0 Å². The predicted octanol–water partition coefficient (Wildman–Crippen LogP) is 3.66. The highest BCUT2D eigenvalue weighted by atomic mass is 16.6. The smallest absolute Gasteiger partial charge is 0.410 e. The van der Waals surface area contributed by atoms with Crippen LogP contribution < -0.4 is 10.6 Å². The molecule has 1 heterocycles. The molecule has 1 aliphatic heterocycles. The number of piperidine rings is 1. The summed E-state index contributed by atoms with van der Waals surface area (Å²) in [6.45, 7) is 7.73. The topological polar surface area (TPSA) is 70.7 Å². The number of hydrogen-bond acceptors (Lipinski definition) is 3. The predicted molar refractivity (Wildman–Crippen MR) is 98.6 cm³/mol. The summed E-state index contributed by atoms with van der Waals surface area (Å²) in [6, 6.07) is 0.290. The first kappa shape index (κ1) is 19.9. The van der Waals surface area contributed by atoms with Crippen molar-refractivity contribution in [2.24, 2.45) is 5.92 Å². The number of ether oxygens (including phenoxy) is 1. The molecule has 1 saturated heterocycles. The van der Waals surface area contributed by atoms with Crippen LogP contribution in [0.4, 0.5) is 9.59 Å². The van der Waals surface area contributed by atoms with Crippen LogP contribution in [0.25, 0.3) is 0 Å². The number of amides is 3. The summed E-state index contributed by atoms with van der Waals surface area (Å²) in [6.07, 6.45) is 8.79. The van der Waals surface area contributed by atoms with Crippen LogP contribution in [0.3, 0.4) is 0 Å². The molecule has 25 heavy (non-hydrogen) atoms. The van der Waals surface area contributed by atoms with E-state index in [4.69, 9.17) is 4.74 Å². The molecule has 0 atom stereocenters. The Balaban J connectivity index is 1.63. The molecule has 0 aromatic heterocycles. The molecule has 0 aromatic carbocycles. The lowest BCUT2D eigenvalue weighted by atomic mass is 9.97. The van der Waals surface area contributed by atoms with Crippen molar-refractivity contribution >= 4 is 12.1 Å². The number of likely N-dealkylation sites (tertiary alicyclic amines) is 1. The highest BCUT2D eigenvalue weighted by Gasteiger charge is 2.27. The fraction of sp³-hybridized carbons (Fsp3) is 0.895. The molecule has 6 nitrogen and oxygen atoms in total. The van der Waals surface area contributed by atoms with Crippen LogP contribution in [-0.2, 0) is 4.74 Å². The first-order valence-electron chi connectivity index (χ1n) is 9.86. The van der Waals surface area contributed by atoms with E-state index >= 15 is 0 Å². The molecule has 0 bridgehead atoms. The maximum absolute atomic E-state index is 12.1. The van der Waals surface area contributed by atoms with Crippen LogP contribution in [0.2, 0.25) is 0 Å². The van der Waals surface area contributed by atoms with Crippen LogP contribution in [-0.4, -0.2) is 48.3 Å². The van der Waals surface area contributed by atoms with Crippen molar-refractivity contribution in [3.8, 4) is 0 Å². The normalized spacial score (nSPS) is 20.7. The van der Waals surface area contributed by atoms with Gasteiger partial charge >= 0.3 is 12.1 Å². The van der Waals surface area contributed by atoms with E-state index in [2.05, 4.69) is 10.6 Å². The highest BCUT2D eigenvalue weighted by Crippen LogP contribution is 2.19. The molecular formula is C19H35N3O3. The van der Waals surface area contributed by atoms with Gasteiger partial charge in [-0.25, -0.2) is 9.59 Å². The van der Waals surface area contributed by atoms with Crippen LogP contribution in [0.5, 0.6) is 0 Å². The van der Waals surface area contributed by atoms with Crippen molar-refractivity contribution in [3.05, 3.63) is 0 Å². The van der Waals surface area contributed by atoms with Gasteiger partial charge in [-0.3, -0.25) is 0 Å². The fourth-order valence-corrected chi connectivity index (χ4v) is 3.54. The Morgan fingerprint density at radius 3 is 2.16 bits per heavy atom. The number of carbonyl (C=O) groups is 2. The lowest BCUT2D eigenvalue weighted by Crippen LogP contribution is -2.46. The second-order valence-corrected chi connectivity index (χ2v) is 8.45. The van der Waals surface area contributed by atoms with E-state index in [0.717, 1.165) is 25.7 Å². The standard InChI is InChI=1S/C19H35N3O3/c1-19(2,3)25-18(24)22-12-10-15(11-13-22)14-20-17(23)21-16-8-6-4-5-7-9-16/h15-16H,4-14H2,1-3H3,(H2,20,21,23). The lowest BCUT2D eigenvalue weighted by Gasteiger charge is -2.33. The number of rotatable bonds is 3. The molecule has 0 aromatic rings. The third-order valence-corrected chi connectivity index (χ3v) is 5.01. The summed E-state index contributed by atoms with van der Waals surface area (Å²) in [5.41, 5.74) is -0.453. The monoisotopic (exact) mass is 353 g/mol. The Morgan fingerprint density at radius 2 is 1.60 bits per heavy atom. The fourth-order valence-electron chi connectivity index (χ4n) is 3.54. The average molecular weight is 354 g/mol. The quantitative estimate of drug-likeness (QED) is 0.761. The van der Waals surface area contributed by atoms with E-state index in [-0.39, 0.29) is 12.1 Å². The summed E-state index contributed by atoms with van der Waals surface area (Å²) < 4.78 is 5.41. The second kappa shape index (κ2) is 9.30. The molecule has 2 N–H and O–H groups in total. The lowest BCUT2D eigenvalue weighted by molar-refractivity contribution is 0.0184.